The van der Waals surface area contributed by atoms with Crippen LogP contribution in [0.1, 0.15) is 31.1 Å². The topological polar surface area (TPSA) is 75.6 Å². The first-order valence-electron chi connectivity index (χ1n) is 7.56. The number of hydrogen-bond donors (Lipinski definition) is 2. The minimum absolute atomic E-state index is 0.00438. The van der Waals surface area contributed by atoms with Gasteiger partial charge in [-0.2, -0.15) is 0 Å². The summed E-state index contributed by atoms with van der Waals surface area (Å²) in [6.45, 7) is 5.50. The maximum atomic E-state index is 12.1. The molecule has 0 aliphatic rings. The second-order valence-corrected chi connectivity index (χ2v) is 5.89. The van der Waals surface area contributed by atoms with Crippen molar-refractivity contribution in [1.29, 1.82) is 0 Å². The summed E-state index contributed by atoms with van der Waals surface area (Å²) in [6.07, 6.45) is 0. The van der Waals surface area contributed by atoms with E-state index in [1.54, 1.807) is 6.07 Å². The monoisotopic (exact) mass is 315 g/mol. The van der Waals surface area contributed by atoms with Crippen molar-refractivity contribution in [2.75, 3.05) is 6.61 Å². The van der Waals surface area contributed by atoms with Gasteiger partial charge in [0.1, 0.15) is 11.3 Å². The summed E-state index contributed by atoms with van der Waals surface area (Å²) in [7, 11) is 0. The van der Waals surface area contributed by atoms with Crippen LogP contribution in [-0.2, 0) is 9.53 Å². The molecule has 5 nitrogen and oxygen atoms in total. The number of esters is 1. The molecule has 122 valence electrons. The number of carbonyl (C=O) groups is 2. The third-order valence-corrected chi connectivity index (χ3v) is 3.81. The van der Waals surface area contributed by atoms with Crippen LogP contribution in [0.5, 0.6) is 5.75 Å². The van der Waals surface area contributed by atoms with Gasteiger partial charge in [0.05, 0.1) is 0 Å². The molecule has 0 saturated heterocycles. The van der Waals surface area contributed by atoms with Crippen LogP contribution in [-0.4, -0.2) is 29.6 Å². The molecule has 0 bridgehead atoms. The molecule has 0 radical (unpaired) electrons. The Morgan fingerprint density at radius 2 is 1.74 bits per heavy atom. The molecular formula is C18H21NO4. The Kier molecular flexibility index (Phi) is 5.21. The maximum Gasteiger partial charge on any atom is 0.342 e. The van der Waals surface area contributed by atoms with E-state index >= 15 is 0 Å². The van der Waals surface area contributed by atoms with Gasteiger partial charge in [-0.15, -0.1) is 0 Å². The van der Waals surface area contributed by atoms with E-state index in [9.17, 15) is 14.7 Å². The molecule has 0 saturated carbocycles. The van der Waals surface area contributed by atoms with Gasteiger partial charge in [-0.1, -0.05) is 38.1 Å². The van der Waals surface area contributed by atoms with Gasteiger partial charge < -0.3 is 15.2 Å². The fourth-order valence-electron chi connectivity index (χ4n) is 2.06. The Morgan fingerprint density at radius 1 is 1.13 bits per heavy atom. The average Bonchev–Trinajstić information content (AvgIpc) is 2.51. The number of benzene rings is 2. The van der Waals surface area contributed by atoms with Crippen molar-refractivity contribution in [2.24, 2.45) is 5.92 Å². The maximum absolute atomic E-state index is 12.1. The number of rotatable bonds is 5. The summed E-state index contributed by atoms with van der Waals surface area (Å²) in [6, 6.07) is 10.4. The Morgan fingerprint density at radius 3 is 2.35 bits per heavy atom. The molecule has 0 spiro atoms. The average molecular weight is 315 g/mol. The summed E-state index contributed by atoms with van der Waals surface area (Å²) >= 11 is 0. The van der Waals surface area contributed by atoms with E-state index in [0.717, 1.165) is 10.8 Å². The summed E-state index contributed by atoms with van der Waals surface area (Å²) in [5.74, 6) is -0.954. The van der Waals surface area contributed by atoms with Crippen molar-refractivity contribution >= 4 is 22.6 Å². The molecule has 1 atom stereocenters. The number of nitrogens with one attached hydrogen (secondary N) is 1. The van der Waals surface area contributed by atoms with Crippen molar-refractivity contribution in [3.63, 3.8) is 0 Å². The highest BCUT2D eigenvalue weighted by Gasteiger charge is 2.17. The molecule has 23 heavy (non-hydrogen) atoms. The first kappa shape index (κ1) is 16.8. The molecule has 0 unspecified atom stereocenters. The summed E-state index contributed by atoms with van der Waals surface area (Å²) in [5.41, 5.74) is 0.0495. The van der Waals surface area contributed by atoms with Crippen molar-refractivity contribution < 1.29 is 19.4 Å². The van der Waals surface area contributed by atoms with Crippen LogP contribution in [0.3, 0.4) is 0 Å². The molecule has 2 aromatic carbocycles. The second-order valence-electron chi connectivity index (χ2n) is 5.89. The smallest absolute Gasteiger partial charge is 0.342 e. The van der Waals surface area contributed by atoms with E-state index in [4.69, 9.17) is 4.74 Å². The fourth-order valence-corrected chi connectivity index (χ4v) is 2.06. The Bertz CT molecular complexity index is 724. The first-order chi connectivity index (χ1) is 10.9. The zero-order chi connectivity index (χ0) is 17.0. The summed E-state index contributed by atoms with van der Waals surface area (Å²) in [5, 5.41) is 14.4. The molecule has 0 heterocycles. The quantitative estimate of drug-likeness (QED) is 0.832. The summed E-state index contributed by atoms with van der Waals surface area (Å²) < 4.78 is 4.99. The number of phenols is 1. The van der Waals surface area contributed by atoms with E-state index in [1.807, 2.05) is 45.0 Å². The number of hydrogen-bond acceptors (Lipinski definition) is 4. The predicted octanol–water partition coefficient (Wildman–Crippen LogP) is 2.86. The molecule has 2 N–H and O–H groups in total. The van der Waals surface area contributed by atoms with Gasteiger partial charge in [0.2, 0.25) is 0 Å². The Labute approximate surface area is 135 Å². The number of carbonyl (C=O) groups excluding carboxylic acids is 2. The van der Waals surface area contributed by atoms with Crippen molar-refractivity contribution in [3.8, 4) is 5.75 Å². The fraction of sp³-hybridized carbons (Fsp3) is 0.333. The lowest BCUT2D eigenvalue weighted by atomic mass is 10.1. The van der Waals surface area contributed by atoms with Crippen LogP contribution >= 0.6 is 0 Å². The van der Waals surface area contributed by atoms with Gasteiger partial charge in [0.15, 0.2) is 6.61 Å². The molecule has 2 aromatic rings. The van der Waals surface area contributed by atoms with Gasteiger partial charge in [0.25, 0.3) is 5.91 Å². The van der Waals surface area contributed by atoms with E-state index in [0.29, 0.717) is 5.92 Å². The van der Waals surface area contributed by atoms with E-state index < -0.39 is 5.97 Å². The van der Waals surface area contributed by atoms with Crippen molar-refractivity contribution in [3.05, 3.63) is 42.0 Å². The molecule has 1 amide bonds. The normalized spacial score (nSPS) is 12.2. The minimum atomic E-state index is -0.722. The highest BCUT2D eigenvalue weighted by atomic mass is 16.5. The van der Waals surface area contributed by atoms with E-state index in [-0.39, 0.29) is 29.9 Å². The second kappa shape index (κ2) is 7.13. The van der Waals surface area contributed by atoms with E-state index in [2.05, 4.69) is 5.32 Å². The van der Waals surface area contributed by atoms with Gasteiger partial charge in [-0.3, -0.25) is 4.79 Å². The highest BCUT2D eigenvalue weighted by Crippen LogP contribution is 2.25. The third-order valence-electron chi connectivity index (χ3n) is 3.81. The number of ether oxygens (including phenoxy) is 1. The predicted molar refractivity (Wildman–Crippen MR) is 88.3 cm³/mol. The molecule has 2 rings (SSSR count). The Hall–Kier alpha value is -2.56. The van der Waals surface area contributed by atoms with E-state index in [1.165, 1.54) is 6.07 Å². The number of fused-ring (bicyclic) bond motifs is 1. The first-order valence-corrected chi connectivity index (χ1v) is 7.56. The number of aromatic hydroxyl groups is 1. The Balaban J connectivity index is 2.03. The molecule has 0 fully saturated rings. The lowest BCUT2D eigenvalue weighted by Gasteiger charge is -2.17. The van der Waals surface area contributed by atoms with Crippen LogP contribution in [0.25, 0.3) is 10.8 Å². The highest BCUT2D eigenvalue weighted by molar-refractivity contribution is 5.99. The van der Waals surface area contributed by atoms with Crippen LogP contribution in [0.4, 0.5) is 0 Å². The number of amides is 1. The third kappa shape index (κ3) is 4.22. The van der Waals surface area contributed by atoms with Crippen LogP contribution < -0.4 is 5.32 Å². The molecule has 0 aliphatic carbocycles. The van der Waals surface area contributed by atoms with Gasteiger partial charge in [0, 0.05) is 6.04 Å². The van der Waals surface area contributed by atoms with Crippen LogP contribution in [0.15, 0.2) is 36.4 Å². The lowest BCUT2D eigenvalue weighted by Crippen LogP contribution is -2.38. The van der Waals surface area contributed by atoms with Crippen LogP contribution in [0.2, 0.25) is 0 Å². The van der Waals surface area contributed by atoms with Gasteiger partial charge >= 0.3 is 5.97 Å². The number of phenolic OH excluding ortho intramolecular Hbond substituents is 1. The van der Waals surface area contributed by atoms with Gasteiger partial charge in [-0.05, 0) is 35.7 Å². The standard InChI is InChI=1S/C18H21NO4/c1-11(2)12(3)19-17(21)10-23-18(22)15-8-13-6-4-5-7-14(13)9-16(15)20/h4-9,11-12,20H,10H2,1-3H3,(H,19,21)/t12-/m1/s1. The van der Waals surface area contributed by atoms with Crippen molar-refractivity contribution in [2.45, 2.75) is 26.8 Å². The lowest BCUT2D eigenvalue weighted by molar-refractivity contribution is -0.125. The summed E-state index contributed by atoms with van der Waals surface area (Å²) in [4.78, 5) is 23.8. The SMILES string of the molecule is CC(C)[C@@H](C)NC(=O)COC(=O)c1cc2ccccc2cc1O. The zero-order valence-electron chi connectivity index (χ0n) is 13.5. The van der Waals surface area contributed by atoms with Gasteiger partial charge in [-0.25, -0.2) is 4.79 Å². The molecule has 0 aliphatic heterocycles. The largest absolute Gasteiger partial charge is 0.507 e. The van der Waals surface area contributed by atoms with Crippen molar-refractivity contribution in [1.82, 2.24) is 5.32 Å². The molecule has 0 aromatic heterocycles. The molecular weight excluding hydrogens is 294 g/mol. The van der Waals surface area contributed by atoms with Crippen LogP contribution in [0, 0.1) is 5.92 Å². The zero-order valence-corrected chi connectivity index (χ0v) is 13.5. The molecule has 5 heteroatoms. The minimum Gasteiger partial charge on any atom is -0.507 e.